The van der Waals surface area contributed by atoms with Crippen LogP contribution in [-0.4, -0.2) is 14.9 Å². The first-order valence-corrected chi connectivity index (χ1v) is 4.92. The average Bonchev–Trinajstić information content (AvgIpc) is 2.29. The van der Waals surface area contributed by atoms with Crippen LogP contribution in [0.2, 0.25) is 0 Å². The quantitative estimate of drug-likeness (QED) is 0.628. The van der Waals surface area contributed by atoms with E-state index in [9.17, 15) is 10.1 Å². The third-order valence-corrected chi connectivity index (χ3v) is 2.38. The topological polar surface area (TPSA) is 94.9 Å². The highest BCUT2D eigenvalue weighted by Crippen LogP contribution is 2.26. The standard InChI is InChI=1S/C11H10N4O2/c1-7-2-3-8(15(16)17)6-9(7)10-4-5-13-11(12)14-10/h2-6H,1H3,(H2,12,13,14). The number of anilines is 1. The van der Waals surface area contributed by atoms with Gasteiger partial charge in [0.1, 0.15) is 0 Å². The number of nitrogen functional groups attached to an aromatic ring is 1. The molecule has 0 saturated heterocycles. The first-order chi connectivity index (χ1) is 8.08. The van der Waals surface area contributed by atoms with Gasteiger partial charge < -0.3 is 5.73 Å². The molecule has 0 radical (unpaired) electrons. The Bertz CT molecular complexity index is 583. The van der Waals surface area contributed by atoms with Crippen LogP contribution in [0, 0.1) is 17.0 Å². The zero-order valence-corrected chi connectivity index (χ0v) is 9.12. The summed E-state index contributed by atoms with van der Waals surface area (Å²) in [6.45, 7) is 1.86. The third-order valence-electron chi connectivity index (χ3n) is 2.38. The van der Waals surface area contributed by atoms with Crippen molar-refractivity contribution in [3.63, 3.8) is 0 Å². The minimum atomic E-state index is -0.437. The van der Waals surface area contributed by atoms with Gasteiger partial charge in [-0.1, -0.05) is 6.07 Å². The Morgan fingerprint density at radius 3 is 2.76 bits per heavy atom. The average molecular weight is 230 g/mol. The number of nitrogens with two attached hydrogens (primary N) is 1. The van der Waals surface area contributed by atoms with Crippen LogP contribution in [0.25, 0.3) is 11.3 Å². The van der Waals surface area contributed by atoms with E-state index in [0.717, 1.165) is 5.56 Å². The second-order valence-electron chi connectivity index (χ2n) is 3.56. The molecule has 0 atom stereocenters. The smallest absolute Gasteiger partial charge is 0.270 e. The summed E-state index contributed by atoms with van der Waals surface area (Å²) in [7, 11) is 0. The molecule has 0 aliphatic heterocycles. The van der Waals surface area contributed by atoms with E-state index >= 15 is 0 Å². The van der Waals surface area contributed by atoms with Crippen molar-refractivity contribution in [2.45, 2.75) is 6.92 Å². The molecule has 1 heterocycles. The van der Waals surface area contributed by atoms with Gasteiger partial charge in [0.25, 0.3) is 5.69 Å². The van der Waals surface area contributed by atoms with Gasteiger partial charge in [-0.3, -0.25) is 10.1 Å². The summed E-state index contributed by atoms with van der Waals surface area (Å²) >= 11 is 0. The molecule has 0 bridgehead atoms. The molecule has 6 heteroatoms. The molecule has 2 N–H and O–H groups in total. The summed E-state index contributed by atoms with van der Waals surface area (Å²) in [5.74, 6) is 0.147. The van der Waals surface area contributed by atoms with E-state index < -0.39 is 4.92 Å². The van der Waals surface area contributed by atoms with Crippen molar-refractivity contribution in [2.75, 3.05) is 5.73 Å². The lowest BCUT2D eigenvalue weighted by molar-refractivity contribution is -0.384. The van der Waals surface area contributed by atoms with Crippen LogP contribution >= 0.6 is 0 Å². The van der Waals surface area contributed by atoms with Crippen molar-refractivity contribution in [1.29, 1.82) is 0 Å². The van der Waals surface area contributed by atoms with Crippen molar-refractivity contribution in [3.8, 4) is 11.3 Å². The molecule has 0 aliphatic rings. The zero-order valence-electron chi connectivity index (χ0n) is 9.12. The molecular formula is C11H10N4O2. The van der Waals surface area contributed by atoms with E-state index in [0.29, 0.717) is 11.3 Å². The van der Waals surface area contributed by atoms with Crippen molar-refractivity contribution in [3.05, 3.63) is 46.1 Å². The van der Waals surface area contributed by atoms with Gasteiger partial charge in [0.15, 0.2) is 0 Å². The lowest BCUT2D eigenvalue weighted by Gasteiger charge is -2.05. The normalized spacial score (nSPS) is 10.2. The highest BCUT2D eigenvalue weighted by molar-refractivity contribution is 5.66. The SMILES string of the molecule is Cc1ccc([N+](=O)[O-])cc1-c1ccnc(N)n1. The summed E-state index contributed by atoms with van der Waals surface area (Å²) in [6, 6.07) is 6.30. The Morgan fingerprint density at radius 1 is 1.35 bits per heavy atom. The van der Waals surface area contributed by atoms with E-state index in [1.54, 1.807) is 12.1 Å². The van der Waals surface area contributed by atoms with Crippen molar-refractivity contribution in [2.24, 2.45) is 0 Å². The molecule has 0 unspecified atom stereocenters. The van der Waals surface area contributed by atoms with Gasteiger partial charge in [-0.2, -0.15) is 0 Å². The summed E-state index contributed by atoms with van der Waals surface area (Å²) in [5, 5.41) is 10.7. The van der Waals surface area contributed by atoms with Crippen LogP contribution < -0.4 is 5.73 Å². The minimum absolute atomic E-state index is 0.0304. The number of non-ortho nitro benzene ring substituents is 1. The fraction of sp³-hybridized carbons (Fsp3) is 0.0909. The number of nitrogens with zero attached hydrogens (tertiary/aromatic N) is 3. The molecule has 1 aromatic carbocycles. The summed E-state index contributed by atoms with van der Waals surface area (Å²) < 4.78 is 0. The third kappa shape index (κ3) is 2.20. The second kappa shape index (κ2) is 4.17. The van der Waals surface area contributed by atoms with Gasteiger partial charge in [0.2, 0.25) is 5.95 Å². The lowest BCUT2D eigenvalue weighted by atomic mass is 10.0. The van der Waals surface area contributed by atoms with Crippen LogP contribution in [0.1, 0.15) is 5.56 Å². The number of aryl methyl sites for hydroxylation is 1. The first-order valence-electron chi connectivity index (χ1n) is 4.92. The second-order valence-corrected chi connectivity index (χ2v) is 3.56. The Balaban J connectivity index is 2.58. The minimum Gasteiger partial charge on any atom is -0.368 e. The fourth-order valence-corrected chi connectivity index (χ4v) is 1.52. The maximum absolute atomic E-state index is 10.7. The largest absolute Gasteiger partial charge is 0.368 e. The summed E-state index contributed by atoms with van der Waals surface area (Å²) in [5.41, 5.74) is 7.69. The molecule has 0 saturated carbocycles. The molecule has 2 aromatic rings. The number of nitro benzene ring substituents is 1. The van der Waals surface area contributed by atoms with E-state index in [2.05, 4.69) is 9.97 Å². The Morgan fingerprint density at radius 2 is 2.12 bits per heavy atom. The van der Waals surface area contributed by atoms with E-state index in [1.165, 1.54) is 18.3 Å². The lowest BCUT2D eigenvalue weighted by Crippen LogP contribution is -1.97. The maximum atomic E-state index is 10.7. The molecule has 1 aromatic heterocycles. The number of hydrogen-bond acceptors (Lipinski definition) is 5. The summed E-state index contributed by atoms with van der Waals surface area (Å²) in [6.07, 6.45) is 1.52. The van der Waals surface area contributed by atoms with Gasteiger partial charge in [0.05, 0.1) is 10.6 Å². The first kappa shape index (κ1) is 11.0. The number of hydrogen-bond donors (Lipinski definition) is 1. The fourth-order valence-electron chi connectivity index (χ4n) is 1.52. The maximum Gasteiger partial charge on any atom is 0.270 e. The number of rotatable bonds is 2. The summed E-state index contributed by atoms with van der Waals surface area (Å²) in [4.78, 5) is 18.1. The van der Waals surface area contributed by atoms with Crippen LogP contribution in [0.15, 0.2) is 30.5 Å². The Labute approximate surface area is 97.3 Å². The Hall–Kier alpha value is -2.50. The predicted octanol–water partition coefficient (Wildman–Crippen LogP) is 1.94. The monoisotopic (exact) mass is 230 g/mol. The van der Waals surface area contributed by atoms with Crippen LogP contribution in [0.3, 0.4) is 0 Å². The predicted molar refractivity (Wildman–Crippen MR) is 63.3 cm³/mol. The molecule has 0 aliphatic carbocycles. The molecule has 17 heavy (non-hydrogen) atoms. The van der Waals surface area contributed by atoms with Crippen LogP contribution in [0.4, 0.5) is 11.6 Å². The van der Waals surface area contributed by atoms with Crippen LogP contribution in [0.5, 0.6) is 0 Å². The molecule has 86 valence electrons. The molecule has 6 nitrogen and oxygen atoms in total. The Kier molecular flexibility index (Phi) is 2.70. The molecular weight excluding hydrogens is 220 g/mol. The highest BCUT2D eigenvalue weighted by Gasteiger charge is 2.11. The molecule has 0 amide bonds. The van der Waals surface area contributed by atoms with Crippen molar-refractivity contribution in [1.82, 2.24) is 9.97 Å². The highest BCUT2D eigenvalue weighted by atomic mass is 16.6. The van der Waals surface area contributed by atoms with Gasteiger partial charge in [-0.15, -0.1) is 0 Å². The molecule has 0 spiro atoms. The van der Waals surface area contributed by atoms with E-state index in [4.69, 9.17) is 5.73 Å². The number of benzene rings is 1. The molecule has 0 fully saturated rings. The number of nitro groups is 1. The van der Waals surface area contributed by atoms with Gasteiger partial charge in [-0.05, 0) is 18.6 Å². The molecule has 2 rings (SSSR count). The number of aromatic nitrogens is 2. The van der Waals surface area contributed by atoms with E-state index in [-0.39, 0.29) is 11.6 Å². The van der Waals surface area contributed by atoms with Gasteiger partial charge in [0, 0.05) is 23.9 Å². The van der Waals surface area contributed by atoms with Crippen molar-refractivity contribution >= 4 is 11.6 Å². The van der Waals surface area contributed by atoms with Crippen molar-refractivity contribution < 1.29 is 4.92 Å². The van der Waals surface area contributed by atoms with Crippen LogP contribution in [-0.2, 0) is 0 Å². The van der Waals surface area contributed by atoms with Gasteiger partial charge >= 0.3 is 0 Å². The van der Waals surface area contributed by atoms with Gasteiger partial charge in [-0.25, -0.2) is 9.97 Å². The zero-order chi connectivity index (χ0) is 12.4. The van der Waals surface area contributed by atoms with E-state index in [1.807, 2.05) is 6.92 Å².